The molecule has 1 heterocycles. The van der Waals surface area contributed by atoms with Gasteiger partial charge >= 0.3 is 0 Å². The van der Waals surface area contributed by atoms with Crippen LogP contribution in [0.25, 0.3) is 5.70 Å². The van der Waals surface area contributed by atoms with E-state index in [-0.39, 0.29) is 23.2 Å². The SMILES string of the molecule is C=C(O)CCc1ccc(C(=C)/N=C(\C)c2cnc(OCC3CC3)c(O)c2)cc1F. The summed E-state index contributed by atoms with van der Waals surface area (Å²) >= 11 is 0. The van der Waals surface area contributed by atoms with Gasteiger partial charge in [0.15, 0.2) is 5.75 Å². The summed E-state index contributed by atoms with van der Waals surface area (Å²) in [6, 6.07) is 6.32. The molecule has 0 aliphatic heterocycles. The highest BCUT2D eigenvalue weighted by atomic mass is 19.1. The molecule has 1 aromatic heterocycles. The number of aliphatic imine (C=N–C) groups is 1. The first-order valence-electron chi connectivity index (χ1n) is 9.55. The van der Waals surface area contributed by atoms with E-state index in [1.807, 2.05) is 0 Å². The van der Waals surface area contributed by atoms with Gasteiger partial charge in [-0.05, 0) is 49.8 Å². The van der Waals surface area contributed by atoms with Crippen LogP contribution in [0.1, 0.15) is 42.9 Å². The van der Waals surface area contributed by atoms with E-state index in [2.05, 4.69) is 23.1 Å². The van der Waals surface area contributed by atoms with Crippen LogP contribution >= 0.6 is 0 Å². The van der Waals surface area contributed by atoms with Crippen molar-refractivity contribution in [1.29, 1.82) is 0 Å². The normalized spacial score (nSPS) is 13.9. The predicted molar refractivity (Wildman–Crippen MR) is 112 cm³/mol. The third-order valence-electron chi connectivity index (χ3n) is 4.77. The number of rotatable bonds is 9. The lowest BCUT2D eigenvalue weighted by Gasteiger charge is -2.09. The Labute approximate surface area is 169 Å². The number of aliphatic hydroxyl groups is 1. The van der Waals surface area contributed by atoms with E-state index in [0.717, 1.165) is 12.8 Å². The van der Waals surface area contributed by atoms with Crippen LogP contribution in [0.5, 0.6) is 11.6 Å². The molecule has 1 aliphatic carbocycles. The Bertz CT molecular complexity index is 965. The van der Waals surface area contributed by atoms with Crippen LogP contribution in [-0.4, -0.2) is 27.5 Å². The Kier molecular flexibility index (Phi) is 6.32. The standard InChI is InChI=1S/C23H25FN2O3/c1-14(27)4-7-18-8-9-19(10-21(18)24)15(2)26-16(3)20-11-22(28)23(25-12-20)29-13-17-5-6-17/h8-12,17,27-28H,1-2,4-7,13H2,3H3/b26-16+. The van der Waals surface area contributed by atoms with E-state index in [0.29, 0.717) is 53.5 Å². The van der Waals surface area contributed by atoms with E-state index in [9.17, 15) is 9.50 Å². The van der Waals surface area contributed by atoms with E-state index in [1.54, 1.807) is 31.3 Å². The van der Waals surface area contributed by atoms with Crippen molar-refractivity contribution in [2.45, 2.75) is 32.6 Å². The van der Waals surface area contributed by atoms with Crippen LogP contribution in [0, 0.1) is 11.7 Å². The van der Waals surface area contributed by atoms with Gasteiger partial charge in [-0.15, -0.1) is 0 Å². The van der Waals surface area contributed by atoms with Crippen molar-refractivity contribution in [3.8, 4) is 11.6 Å². The summed E-state index contributed by atoms with van der Waals surface area (Å²) < 4.78 is 19.8. The molecule has 0 saturated heterocycles. The minimum atomic E-state index is -0.380. The smallest absolute Gasteiger partial charge is 0.256 e. The molecule has 3 rings (SSSR count). The van der Waals surface area contributed by atoms with Crippen molar-refractivity contribution >= 4 is 11.4 Å². The molecule has 2 N–H and O–H groups in total. The number of pyridine rings is 1. The third-order valence-corrected chi connectivity index (χ3v) is 4.77. The maximum atomic E-state index is 14.3. The molecule has 1 fully saturated rings. The number of nitrogens with zero attached hydrogens (tertiary/aromatic N) is 2. The number of hydrogen-bond donors (Lipinski definition) is 2. The summed E-state index contributed by atoms with van der Waals surface area (Å²) in [5.41, 5.74) is 2.66. The summed E-state index contributed by atoms with van der Waals surface area (Å²) in [6.45, 7) is 9.66. The van der Waals surface area contributed by atoms with E-state index in [4.69, 9.17) is 9.84 Å². The number of aliphatic hydroxyl groups excluding tert-OH is 1. The molecule has 6 heteroatoms. The maximum absolute atomic E-state index is 14.3. The van der Waals surface area contributed by atoms with Crippen molar-refractivity contribution in [3.63, 3.8) is 0 Å². The zero-order valence-electron chi connectivity index (χ0n) is 16.5. The van der Waals surface area contributed by atoms with Crippen molar-refractivity contribution in [2.24, 2.45) is 10.9 Å². The second-order valence-corrected chi connectivity index (χ2v) is 7.32. The van der Waals surface area contributed by atoms with Gasteiger partial charge in [-0.25, -0.2) is 9.37 Å². The summed E-state index contributed by atoms with van der Waals surface area (Å²) in [7, 11) is 0. The van der Waals surface area contributed by atoms with E-state index in [1.165, 1.54) is 6.07 Å². The van der Waals surface area contributed by atoms with Crippen LogP contribution in [0.3, 0.4) is 0 Å². The van der Waals surface area contributed by atoms with Gasteiger partial charge in [0, 0.05) is 29.5 Å². The summed E-state index contributed by atoms with van der Waals surface area (Å²) in [5.74, 6) is 0.393. The molecule has 29 heavy (non-hydrogen) atoms. The van der Waals surface area contributed by atoms with Crippen LogP contribution in [0.4, 0.5) is 4.39 Å². The van der Waals surface area contributed by atoms with Crippen LogP contribution in [0.15, 0.2) is 54.4 Å². The average Bonchev–Trinajstić information content (AvgIpc) is 3.50. The molecule has 1 aliphatic rings. The molecular weight excluding hydrogens is 371 g/mol. The molecule has 0 atom stereocenters. The Hall–Kier alpha value is -3.15. The largest absolute Gasteiger partial charge is 0.513 e. The van der Waals surface area contributed by atoms with Gasteiger partial charge in [0.05, 0.1) is 18.1 Å². The van der Waals surface area contributed by atoms with Crippen molar-refractivity contribution < 1.29 is 19.3 Å². The molecule has 5 nitrogen and oxygen atoms in total. The molecule has 0 bridgehead atoms. The number of aromatic hydroxyl groups is 1. The molecular formula is C23H25FN2O3. The second-order valence-electron chi connectivity index (χ2n) is 7.32. The van der Waals surface area contributed by atoms with Gasteiger partial charge in [-0.2, -0.15) is 0 Å². The van der Waals surface area contributed by atoms with E-state index >= 15 is 0 Å². The van der Waals surface area contributed by atoms with Gasteiger partial charge in [0.1, 0.15) is 5.82 Å². The lowest BCUT2D eigenvalue weighted by atomic mass is 10.0. The number of aryl methyl sites for hydroxylation is 1. The van der Waals surface area contributed by atoms with Gasteiger partial charge in [-0.3, -0.25) is 4.99 Å². The van der Waals surface area contributed by atoms with Gasteiger partial charge < -0.3 is 14.9 Å². The first-order chi connectivity index (χ1) is 13.8. The molecule has 1 saturated carbocycles. The predicted octanol–water partition coefficient (Wildman–Crippen LogP) is 5.20. The van der Waals surface area contributed by atoms with Crippen LogP contribution in [0.2, 0.25) is 0 Å². The molecule has 2 aromatic rings. The van der Waals surface area contributed by atoms with Crippen molar-refractivity contribution in [3.05, 3.63) is 71.9 Å². The fourth-order valence-corrected chi connectivity index (χ4v) is 2.77. The molecule has 0 amide bonds. The van der Waals surface area contributed by atoms with Gasteiger partial charge in [-0.1, -0.05) is 25.3 Å². The number of ether oxygens (including phenoxy) is 1. The fourth-order valence-electron chi connectivity index (χ4n) is 2.77. The number of halogens is 1. The quantitative estimate of drug-likeness (QED) is 0.451. The number of aromatic nitrogens is 1. The Balaban J connectivity index is 1.70. The number of hydrogen-bond acceptors (Lipinski definition) is 5. The van der Waals surface area contributed by atoms with Crippen LogP contribution < -0.4 is 4.74 Å². The Morgan fingerprint density at radius 2 is 2.03 bits per heavy atom. The highest BCUT2D eigenvalue weighted by Gasteiger charge is 2.22. The summed E-state index contributed by atoms with van der Waals surface area (Å²) in [4.78, 5) is 8.60. The number of allylic oxidation sites excluding steroid dienone is 1. The first-order valence-corrected chi connectivity index (χ1v) is 9.55. The van der Waals surface area contributed by atoms with Crippen LogP contribution in [-0.2, 0) is 6.42 Å². The maximum Gasteiger partial charge on any atom is 0.256 e. The molecule has 1 aromatic carbocycles. The highest BCUT2D eigenvalue weighted by Crippen LogP contribution is 2.31. The minimum absolute atomic E-state index is 0.0268. The average molecular weight is 396 g/mol. The fraction of sp³-hybridized carbons (Fsp3) is 0.304. The zero-order valence-corrected chi connectivity index (χ0v) is 16.5. The molecule has 0 unspecified atom stereocenters. The zero-order chi connectivity index (χ0) is 21.0. The molecule has 0 radical (unpaired) electrons. The second kappa shape index (κ2) is 8.90. The monoisotopic (exact) mass is 396 g/mol. The summed E-state index contributed by atoms with van der Waals surface area (Å²) in [6.07, 6.45) is 4.58. The topological polar surface area (TPSA) is 74.9 Å². The van der Waals surface area contributed by atoms with Gasteiger partial charge in [0.25, 0.3) is 5.88 Å². The Morgan fingerprint density at radius 1 is 1.28 bits per heavy atom. The lowest BCUT2D eigenvalue weighted by Crippen LogP contribution is -2.03. The first kappa shape index (κ1) is 20.6. The van der Waals surface area contributed by atoms with Crippen molar-refractivity contribution in [1.82, 2.24) is 4.98 Å². The van der Waals surface area contributed by atoms with E-state index < -0.39 is 0 Å². The van der Waals surface area contributed by atoms with Crippen molar-refractivity contribution in [2.75, 3.05) is 6.61 Å². The summed E-state index contributed by atoms with van der Waals surface area (Å²) in [5, 5.41) is 19.3. The lowest BCUT2D eigenvalue weighted by molar-refractivity contribution is 0.272. The number of benzene rings is 1. The Morgan fingerprint density at radius 3 is 2.66 bits per heavy atom. The third kappa shape index (κ3) is 5.67. The highest BCUT2D eigenvalue weighted by molar-refractivity contribution is 6.01. The minimum Gasteiger partial charge on any atom is -0.513 e. The molecule has 0 spiro atoms. The van der Waals surface area contributed by atoms with Gasteiger partial charge in [0.2, 0.25) is 0 Å². The molecule has 152 valence electrons.